The van der Waals surface area contributed by atoms with Crippen molar-refractivity contribution >= 4 is 39.2 Å². The molecule has 2 aliphatic carbocycles. The summed E-state index contributed by atoms with van der Waals surface area (Å²) in [6.45, 7) is 0. The van der Waals surface area contributed by atoms with Crippen molar-refractivity contribution in [1.29, 1.82) is 0 Å². The van der Waals surface area contributed by atoms with Gasteiger partial charge in [0.25, 0.3) is 5.91 Å². The Morgan fingerprint density at radius 1 is 1.12 bits per heavy atom. The molecular weight excluding hydrogens is 497 g/mol. The van der Waals surface area contributed by atoms with E-state index in [1.807, 2.05) is 0 Å². The number of anilines is 1. The van der Waals surface area contributed by atoms with Crippen LogP contribution in [0, 0.1) is 29.3 Å². The number of aliphatic hydroxyl groups is 1. The number of carbonyl (C=O) groups excluding carboxylic acids is 1. The average molecular weight is 517 g/mol. The lowest BCUT2D eigenvalue weighted by Gasteiger charge is -2.38. The van der Waals surface area contributed by atoms with E-state index in [0.29, 0.717) is 25.0 Å². The van der Waals surface area contributed by atoms with Crippen LogP contribution < -0.4 is 5.32 Å². The summed E-state index contributed by atoms with van der Waals surface area (Å²) in [6, 6.07) is 4.76. The lowest BCUT2D eigenvalue weighted by molar-refractivity contribution is 0.0454. The number of halogens is 4. The number of benzene rings is 2. The van der Waals surface area contributed by atoms with Crippen molar-refractivity contribution in [3.8, 4) is 0 Å². The van der Waals surface area contributed by atoms with Crippen LogP contribution in [0.15, 0.2) is 40.4 Å². The summed E-state index contributed by atoms with van der Waals surface area (Å²) < 4.78 is 67.2. The fraction of sp³-hybridized carbons (Fsp3) is 0.364. The van der Waals surface area contributed by atoms with E-state index in [1.165, 1.54) is 12.1 Å². The van der Waals surface area contributed by atoms with Crippen LogP contribution in [0.4, 0.5) is 18.9 Å². The first-order valence-electron chi connectivity index (χ1n) is 10.4. The van der Waals surface area contributed by atoms with Crippen molar-refractivity contribution in [2.75, 3.05) is 5.32 Å². The van der Waals surface area contributed by atoms with Crippen molar-refractivity contribution in [3.05, 3.63) is 58.4 Å². The molecule has 0 aromatic heterocycles. The Bertz CT molecular complexity index is 1250. The Morgan fingerprint density at radius 3 is 2.26 bits per heavy atom. The molecule has 0 heterocycles. The number of nitrogens with zero attached hydrogens (tertiary/aromatic N) is 1. The minimum absolute atomic E-state index is 0.0942. The second-order valence-electron chi connectivity index (χ2n) is 8.72. The highest BCUT2D eigenvalue weighted by atomic mass is 35.5. The van der Waals surface area contributed by atoms with Gasteiger partial charge in [-0.15, -0.1) is 0 Å². The van der Waals surface area contributed by atoms with E-state index in [0.717, 1.165) is 12.3 Å². The molecule has 34 heavy (non-hydrogen) atoms. The predicted molar refractivity (Wildman–Crippen MR) is 117 cm³/mol. The summed E-state index contributed by atoms with van der Waals surface area (Å²) in [6.07, 6.45) is 2.30. The Hall–Kier alpha value is -2.63. The summed E-state index contributed by atoms with van der Waals surface area (Å²) in [5.41, 5.74) is -1.89. The molecule has 2 fully saturated rings. The normalized spacial score (nSPS) is 26.7. The molecule has 4 rings (SSSR count). The van der Waals surface area contributed by atoms with Crippen molar-refractivity contribution in [2.24, 2.45) is 17.0 Å². The molecule has 2 bridgehead atoms. The molecular formula is C22H20ClF3N2O5S. The second kappa shape index (κ2) is 8.86. The molecule has 2 saturated carbocycles. The van der Waals surface area contributed by atoms with Crippen LogP contribution in [-0.4, -0.2) is 41.7 Å². The number of amides is 1. The third-order valence-corrected chi connectivity index (χ3v) is 9.35. The molecule has 4 atom stereocenters. The number of rotatable bonds is 5. The zero-order valence-corrected chi connectivity index (χ0v) is 19.1. The van der Waals surface area contributed by atoms with Crippen LogP contribution in [0.3, 0.4) is 0 Å². The summed E-state index contributed by atoms with van der Waals surface area (Å²) in [5, 5.41) is 23.6. The molecule has 2 aliphatic rings. The van der Waals surface area contributed by atoms with Gasteiger partial charge in [-0.05, 0) is 55.7 Å². The number of carbonyl (C=O) groups is 1. The predicted octanol–water partition coefficient (Wildman–Crippen LogP) is 4.16. The fourth-order valence-electron chi connectivity index (χ4n) is 5.13. The van der Waals surface area contributed by atoms with Gasteiger partial charge < -0.3 is 15.6 Å². The van der Waals surface area contributed by atoms with Crippen molar-refractivity contribution < 1.29 is 36.7 Å². The van der Waals surface area contributed by atoms with Gasteiger partial charge in [0.1, 0.15) is 5.60 Å². The van der Waals surface area contributed by atoms with E-state index in [-0.39, 0.29) is 34.0 Å². The molecule has 182 valence electrons. The van der Waals surface area contributed by atoms with Gasteiger partial charge >= 0.3 is 0 Å². The zero-order chi connectivity index (χ0) is 24.8. The first-order chi connectivity index (χ1) is 15.9. The minimum atomic E-state index is -4.04. The van der Waals surface area contributed by atoms with Gasteiger partial charge in [0, 0.05) is 23.4 Å². The third kappa shape index (κ3) is 4.39. The maximum atomic E-state index is 13.6. The van der Waals surface area contributed by atoms with Gasteiger partial charge in [0.2, 0.25) is 0 Å². The number of hydrogen-bond donors (Lipinski definition) is 3. The molecule has 2 unspecified atom stereocenters. The maximum absolute atomic E-state index is 13.6. The molecule has 2 aromatic carbocycles. The first-order valence-corrected chi connectivity index (χ1v) is 12.3. The topological polar surface area (TPSA) is 116 Å². The van der Waals surface area contributed by atoms with Crippen LogP contribution in [0.1, 0.15) is 36.0 Å². The number of fused-ring (bicyclic) bond motifs is 2. The number of hydrogen-bond acceptors (Lipinski definition) is 6. The first kappa shape index (κ1) is 24.5. The molecule has 0 aliphatic heterocycles. The summed E-state index contributed by atoms with van der Waals surface area (Å²) in [4.78, 5) is 12.4. The van der Waals surface area contributed by atoms with E-state index in [1.54, 1.807) is 0 Å². The third-order valence-electron chi connectivity index (χ3n) is 6.47. The highest BCUT2D eigenvalue weighted by Crippen LogP contribution is 2.51. The molecule has 3 N–H and O–H groups in total. The lowest BCUT2D eigenvalue weighted by Crippen LogP contribution is -2.47. The molecule has 1 amide bonds. The van der Waals surface area contributed by atoms with Crippen LogP contribution in [0.25, 0.3) is 0 Å². The lowest BCUT2D eigenvalue weighted by atomic mass is 9.78. The van der Waals surface area contributed by atoms with E-state index in [9.17, 15) is 31.5 Å². The SMILES string of the molecule is O=C(Nc1cc(F)c(F)c(F)c1)c1ccc(Cl)c(S(=O)(=O)C2C3CC[C@H]2C[C@](O)(/C=N/O)C3)c1. The molecule has 0 saturated heterocycles. The average Bonchev–Trinajstić information content (AvgIpc) is 3.05. The molecule has 12 heteroatoms. The molecule has 0 radical (unpaired) electrons. The quantitative estimate of drug-likeness (QED) is 0.239. The Kier molecular flexibility index (Phi) is 6.38. The van der Waals surface area contributed by atoms with Crippen LogP contribution in [0.2, 0.25) is 5.02 Å². The minimum Gasteiger partial charge on any atom is -0.411 e. The van der Waals surface area contributed by atoms with E-state index in [4.69, 9.17) is 16.8 Å². The summed E-state index contributed by atoms with van der Waals surface area (Å²) in [7, 11) is -4.04. The fourth-order valence-corrected chi connectivity index (χ4v) is 7.97. The molecule has 7 nitrogen and oxygen atoms in total. The van der Waals surface area contributed by atoms with Gasteiger partial charge in [0.05, 0.1) is 21.4 Å². The highest BCUT2D eigenvalue weighted by Gasteiger charge is 2.54. The van der Waals surface area contributed by atoms with Crippen molar-refractivity contribution in [3.63, 3.8) is 0 Å². The number of oxime groups is 1. The Morgan fingerprint density at radius 2 is 1.71 bits per heavy atom. The van der Waals surface area contributed by atoms with Gasteiger partial charge in [0.15, 0.2) is 27.3 Å². The maximum Gasteiger partial charge on any atom is 0.255 e. The second-order valence-corrected chi connectivity index (χ2v) is 11.2. The highest BCUT2D eigenvalue weighted by molar-refractivity contribution is 7.92. The summed E-state index contributed by atoms with van der Waals surface area (Å²) in [5.74, 6) is -6.37. The van der Waals surface area contributed by atoms with Crippen LogP contribution in [-0.2, 0) is 9.84 Å². The number of nitrogens with one attached hydrogen (secondary N) is 1. The van der Waals surface area contributed by atoms with Gasteiger partial charge in [-0.1, -0.05) is 16.8 Å². The monoisotopic (exact) mass is 516 g/mol. The van der Waals surface area contributed by atoms with E-state index in [2.05, 4.69) is 10.5 Å². The van der Waals surface area contributed by atoms with Gasteiger partial charge in [-0.3, -0.25) is 4.79 Å². The van der Waals surface area contributed by atoms with Crippen molar-refractivity contribution in [1.82, 2.24) is 0 Å². The molecule has 0 spiro atoms. The Balaban J connectivity index is 1.63. The zero-order valence-electron chi connectivity index (χ0n) is 17.5. The number of sulfone groups is 1. The standard InChI is InChI=1S/C22H20ClF3N2O5S/c23-15-4-3-11(21(29)28-14-6-16(24)19(26)17(25)7-14)5-18(15)34(32,33)20-12-1-2-13(20)9-22(30,8-12)10-27-31/h3-7,10,12-13,20,30-31H,1-2,8-9H2,(H,28,29)/b27-10+/t12-,13?,20?,22+/m0/s1. The smallest absolute Gasteiger partial charge is 0.255 e. The summed E-state index contributed by atoms with van der Waals surface area (Å²) >= 11 is 6.19. The van der Waals surface area contributed by atoms with Crippen LogP contribution in [0.5, 0.6) is 0 Å². The van der Waals surface area contributed by atoms with Crippen LogP contribution >= 0.6 is 11.6 Å². The van der Waals surface area contributed by atoms with E-state index >= 15 is 0 Å². The van der Waals surface area contributed by atoms with Crippen molar-refractivity contribution in [2.45, 2.75) is 41.4 Å². The van der Waals surface area contributed by atoms with Gasteiger partial charge in [-0.25, -0.2) is 21.6 Å². The molecule has 2 aromatic rings. The Labute approximate surface area is 198 Å². The van der Waals surface area contributed by atoms with E-state index < -0.39 is 55.9 Å². The van der Waals surface area contributed by atoms with Gasteiger partial charge in [-0.2, -0.15) is 0 Å². The largest absolute Gasteiger partial charge is 0.411 e.